The fraction of sp³-hybridized carbons (Fsp3) is 0.263. The number of halogens is 1. The van der Waals surface area contributed by atoms with Crippen LogP contribution < -0.4 is 0 Å². The second-order valence-corrected chi connectivity index (χ2v) is 5.54. The molecule has 0 bridgehead atoms. The van der Waals surface area contributed by atoms with E-state index in [0.717, 1.165) is 27.9 Å². The maximum Gasteiger partial charge on any atom is 0.305 e. The standard InChI is InChI=1S/C19H19FN2O2/c1-2-24-18(23)8-5-6-14-15-12-13(20)9-10-16(15)22-19(14)17-7-3-4-11-21-17/h3-4,7,9-12,22H,2,5-6,8H2,1H3. The van der Waals surface area contributed by atoms with E-state index in [0.29, 0.717) is 25.9 Å². The zero-order chi connectivity index (χ0) is 16.9. The molecule has 0 atom stereocenters. The summed E-state index contributed by atoms with van der Waals surface area (Å²) in [5.74, 6) is -0.483. The van der Waals surface area contributed by atoms with Crippen molar-refractivity contribution in [1.29, 1.82) is 0 Å². The number of pyridine rings is 1. The van der Waals surface area contributed by atoms with Crippen LogP contribution in [-0.2, 0) is 16.0 Å². The highest BCUT2D eigenvalue weighted by Gasteiger charge is 2.15. The normalized spacial score (nSPS) is 10.9. The molecule has 0 saturated carbocycles. The summed E-state index contributed by atoms with van der Waals surface area (Å²) in [4.78, 5) is 19.3. The van der Waals surface area contributed by atoms with E-state index in [1.165, 1.54) is 12.1 Å². The van der Waals surface area contributed by atoms with E-state index in [1.807, 2.05) is 18.2 Å². The lowest BCUT2D eigenvalue weighted by Crippen LogP contribution is -2.04. The molecule has 1 aromatic carbocycles. The molecule has 4 nitrogen and oxygen atoms in total. The molecule has 0 aliphatic heterocycles. The first-order valence-electron chi connectivity index (χ1n) is 8.06. The molecule has 0 spiro atoms. The van der Waals surface area contributed by atoms with Gasteiger partial charge in [-0.1, -0.05) is 6.07 Å². The van der Waals surface area contributed by atoms with Gasteiger partial charge >= 0.3 is 5.97 Å². The number of aromatic nitrogens is 2. The predicted molar refractivity (Wildman–Crippen MR) is 91.1 cm³/mol. The molecule has 0 aliphatic carbocycles. The number of ether oxygens (including phenoxy) is 1. The van der Waals surface area contributed by atoms with E-state index in [-0.39, 0.29) is 11.8 Å². The van der Waals surface area contributed by atoms with Gasteiger partial charge in [0.1, 0.15) is 5.82 Å². The minimum Gasteiger partial charge on any atom is -0.466 e. The Morgan fingerprint density at radius 1 is 1.29 bits per heavy atom. The third-order valence-corrected chi connectivity index (χ3v) is 3.90. The van der Waals surface area contributed by atoms with E-state index in [1.54, 1.807) is 19.2 Å². The Morgan fingerprint density at radius 3 is 2.92 bits per heavy atom. The maximum atomic E-state index is 13.7. The lowest BCUT2D eigenvalue weighted by Gasteiger charge is -2.05. The van der Waals surface area contributed by atoms with Crippen molar-refractivity contribution < 1.29 is 13.9 Å². The summed E-state index contributed by atoms with van der Waals surface area (Å²) in [6.07, 6.45) is 3.36. The summed E-state index contributed by atoms with van der Waals surface area (Å²) >= 11 is 0. The van der Waals surface area contributed by atoms with Crippen LogP contribution in [-0.4, -0.2) is 22.5 Å². The third kappa shape index (κ3) is 3.45. The van der Waals surface area contributed by atoms with E-state index in [9.17, 15) is 9.18 Å². The number of carbonyl (C=O) groups is 1. The van der Waals surface area contributed by atoms with Gasteiger partial charge < -0.3 is 9.72 Å². The average molecular weight is 326 g/mol. The second-order valence-electron chi connectivity index (χ2n) is 5.54. The molecule has 2 aromatic heterocycles. The van der Waals surface area contributed by atoms with E-state index >= 15 is 0 Å². The van der Waals surface area contributed by atoms with Crippen LogP contribution in [0.25, 0.3) is 22.3 Å². The first kappa shape index (κ1) is 16.2. The molecule has 0 radical (unpaired) electrons. The topological polar surface area (TPSA) is 55.0 Å². The number of fused-ring (bicyclic) bond motifs is 1. The van der Waals surface area contributed by atoms with Gasteiger partial charge in [0.05, 0.1) is 18.0 Å². The zero-order valence-electron chi connectivity index (χ0n) is 13.5. The fourth-order valence-corrected chi connectivity index (χ4v) is 2.85. The molecule has 3 rings (SSSR count). The number of hydrogen-bond donors (Lipinski definition) is 1. The van der Waals surface area contributed by atoms with Crippen molar-refractivity contribution in [2.75, 3.05) is 6.61 Å². The van der Waals surface area contributed by atoms with Crippen molar-refractivity contribution in [3.05, 3.63) is 54.0 Å². The highest BCUT2D eigenvalue weighted by molar-refractivity contribution is 5.90. The van der Waals surface area contributed by atoms with E-state index < -0.39 is 0 Å². The number of hydrogen-bond acceptors (Lipinski definition) is 3. The van der Waals surface area contributed by atoms with Crippen molar-refractivity contribution in [3.63, 3.8) is 0 Å². The summed E-state index contributed by atoms with van der Waals surface area (Å²) in [6.45, 7) is 2.18. The Balaban J connectivity index is 1.94. The number of benzene rings is 1. The Hall–Kier alpha value is -2.69. The summed E-state index contributed by atoms with van der Waals surface area (Å²) in [6, 6.07) is 10.4. The number of aromatic amines is 1. The van der Waals surface area contributed by atoms with Crippen molar-refractivity contribution in [1.82, 2.24) is 9.97 Å². The maximum absolute atomic E-state index is 13.7. The molecule has 24 heavy (non-hydrogen) atoms. The smallest absolute Gasteiger partial charge is 0.305 e. The zero-order valence-corrected chi connectivity index (χ0v) is 13.5. The van der Waals surface area contributed by atoms with Gasteiger partial charge in [0.25, 0.3) is 0 Å². The van der Waals surface area contributed by atoms with E-state index in [4.69, 9.17) is 4.74 Å². The summed E-state index contributed by atoms with van der Waals surface area (Å²) in [5.41, 5.74) is 3.52. The lowest BCUT2D eigenvalue weighted by molar-refractivity contribution is -0.143. The molecule has 0 saturated heterocycles. The molecule has 3 aromatic rings. The third-order valence-electron chi connectivity index (χ3n) is 3.90. The van der Waals surface area contributed by atoms with Gasteiger partial charge in [0.15, 0.2) is 0 Å². The Morgan fingerprint density at radius 2 is 2.17 bits per heavy atom. The minimum atomic E-state index is -0.277. The largest absolute Gasteiger partial charge is 0.466 e. The molecular weight excluding hydrogens is 307 g/mol. The van der Waals surface area contributed by atoms with Crippen LogP contribution >= 0.6 is 0 Å². The molecule has 0 aliphatic rings. The summed E-state index contributed by atoms with van der Waals surface area (Å²) in [5, 5.41) is 0.833. The summed E-state index contributed by atoms with van der Waals surface area (Å²) < 4.78 is 18.6. The van der Waals surface area contributed by atoms with Crippen molar-refractivity contribution in [2.24, 2.45) is 0 Å². The van der Waals surface area contributed by atoms with Crippen LogP contribution in [0.2, 0.25) is 0 Å². The van der Waals surface area contributed by atoms with Gasteiger partial charge in [-0.15, -0.1) is 0 Å². The molecular formula is C19H19FN2O2. The van der Waals surface area contributed by atoms with E-state index in [2.05, 4.69) is 9.97 Å². The van der Waals surface area contributed by atoms with Gasteiger partial charge in [-0.3, -0.25) is 9.78 Å². The first-order chi connectivity index (χ1) is 11.7. The molecule has 5 heteroatoms. The number of carbonyl (C=O) groups excluding carboxylic acids is 1. The first-order valence-corrected chi connectivity index (χ1v) is 8.06. The molecule has 0 amide bonds. The van der Waals surface area contributed by atoms with Crippen LogP contribution in [0.4, 0.5) is 4.39 Å². The van der Waals surface area contributed by atoms with Crippen LogP contribution in [0.1, 0.15) is 25.3 Å². The van der Waals surface area contributed by atoms with Gasteiger partial charge in [0, 0.05) is 23.5 Å². The van der Waals surface area contributed by atoms with Gasteiger partial charge in [-0.2, -0.15) is 0 Å². The van der Waals surface area contributed by atoms with Gasteiger partial charge in [0.2, 0.25) is 0 Å². The van der Waals surface area contributed by atoms with Gasteiger partial charge in [-0.25, -0.2) is 4.39 Å². The van der Waals surface area contributed by atoms with Crippen LogP contribution in [0.5, 0.6) is 0 Å². The van der Waals surface area contributed by atoms with Crippen molar-refractivity contribution >= 4 is 16.9 Å². The monoisotopic (exact) mass is 326 g/mol. The average Bonchev–Trinajstić information content (AvgIpc) is 2.94. The predicted octanol–water partition coefficient (Wildman–Crippen LogP) is 4.25. The number of nitrogens with one attached hydrogen (secondary N) is 1. The number of nitrogens with zero attached hydrogens (tertiary/aromatic N) is 1. The highest BCUT2D eigenvalue weighted by atomic mass is 19.1. The molecule has 0 unspecified atom stereocenters. The quantitative estimate of drug-likeness (QED) is 0.689. The lowest BCUT2D eigenvalue weighted by atomic mass is 10.0. The molecule has 2 heterocycles. The number of esters is 1. The minimum absolute atomic E-state index is 0.206. The van der Waals surface area contributed by atoms with Crippen LogP contribution in [0.3, 0.4) is 0 Å². The van der Waals surface area contributed by atoms with Crippen molar-refractivity contribution in [2.45, 2.75) is 26.2 Å². The molecule has 124 valence electrons. The van der Waals surface area contributed by atoms with Gasteiger partial charge in [-0.05, 0) is 55.7 Å². The number of H-pyrrole nitrogens is 1. The SMILES string of the molecule is CCOC(=O)CCCc1c(-c2ccccn2)[nH]c2ccc(F)cc12. The van der Waals surface area contributed by atoms with Crippen LogP contribution in [0, 0.1) is 5.82 Å². The Kier molecular flexibility index (Phi) is 4.89. The van der Waals surface area contributed by atoms with Crippen molar-refractivity contribution in [3.8, 4) is 11.4 Å². The van der Waals surface area contributed by atoms with Crippen LogP contribution in [0.15, 0.2) is 42.6 Å². The fourth-order valence-electron chi connectivity index (χ4n) is 2.85. The molecule has 0 fully saturated rings. The second kappa shape index (κ2) is 7.25. The highest BCUT2D eigenvalue weighted by Crippen LogP contribution is 2.31. The molecule has 1 N–H and O–H groups in total. The Labute approximate surface area is 139 Å². The summed E-state index contributed by atoms with van der Waals surface area (Å²) in [7, 11) is 0. The Bertz CT molecular complexity index is 843. The number of rotatable bonds is 6. The number of aryl methyl sites for hydroxylation is 1.